The molecule has 2 atom stereocenters. The molecule has 0 saturated heterocycles. The zero-order valence-corrected chi connectivity index (χ0v) is 16.7. The Bertz CT molecular complexity index is 928. The number of hydrogen-bond donors (Lipinski definition) is 1. The van der Waals surface area contributed by atoms with Crippen molar-refractivity contribution in [2.24, 2.45) is 0 Å². The van der Waals surface area contributed by atoms with Gasteiger partial charge in [-0.05, 0) is 55.4 Å². The van der Waals surface area contributed by atoms with E-state index in [4.69, 9.17) is 0 Å². The highest BCUT2D eigenvalue weighted by molar-refractivity contribution is 5.63. The van der Waals surface area contributed by atoms with Gasteiger partial charge in [0.1, 0.15) is 5.82 Å². The van der Waals surface area contributed by atoms with Crippen LogP contribution in [0.2, 0.25) is 0 Å². The summed E-state index contributed by atoms with van der Waals surface area (Å²) in [5.41, 5.74) is 3.80. The molecule has 1 aliphatic carbocycles. The summed E-state index contributed by atoms with van der Waals surface area (Å²) < 4.78 is 2.17. The first kappa shape index (κ1) is 18.6. The third kappa shape index (κ3) is 4.07. The summed E-state index contributed by atoms with van der Waals surface area (Å²) >= 11 is 0. The SMILES string of the molecule is Cc1nnc(C2=CC(NCC(C)c3ccccc3)CCC2)n1-c1ccccc1. The van der Waals surface area contributed by atoms with E-state index in [1.54, 1.807) is 0 Å². The molecule has 1 aliphatic rings. The van der Waals surface area contributed by atoms with Crippen molar-refractivity contribution >= 4 is 5.57 Å². The zero-order valence-electron chi connectivity index (χ0n) is 16.7. The van der Waals surface area contributed by atoms with Gasteiger partial charge in [0.25, 0.3) is 0 Å². The number of rotatable bonds is 6. The van der Waals surface area contributed by atoms with Gasteiger partial charge in [0, 0.05) is 18.3 Å². The Morgan fingerprint density at radius 2 is 1.75 bits per heavy atom. The fourth-order valence-electron chi connectivity index (χ4n) is 3.95. The van der Waals surface area contributed by atoms with E-state index in [1.165, 1.54) is 24.0 Å². The minimum atomic E-state index is 0.385. The molecule has 1 heterocycles. The van der Waals surface area contributed by atoms with E-state index in [2.05, 4.69) is 87.7 Å². The van der Waals surface area contributed by atoms with Crippen LogP contribution in [-0.4, -0.2) is 27.4 Å². The lowest BCUT2D eigenvalue weighted by molar-refractivity contribution is 0.504. The molecule has 0 saturated carbocycles. The molecule has 4 rings (SSSR count). The predicted molar refractivity (Wildman–Crippen MR) is 115 cm³/mol. The van der Waals surface area contributed by atoms with E-state index in [0.29, 0.717) is 12.0 Å². The molecule has 1 aromatic heterocycles. The third-order valence-electron chi connectivity index (χ3n) is 5.54. The number of aromatic nitrogens is 3. The summed E-state index contributed by atoms with van der Waals surface area (Å²) in [6.45, 7) is 5.28. The number of allylic oxidation sites excluding steroid dienone is 1. The largest absolute Gasteiger partial charge is 0.310 e. The summed E-state index contributed by atoms with van der Waals surface area (Å²) in [4.78, 5) is 0. The molecule has 28 heavy (non-hydrogen) atoms. The normalized spacial score (nSPS) is 17.9. The first-order chi connectivity index (χ1) is 13.7. The maximum absolute atomic E-state index is 4.51. The molecular weight excluding hydrogens is 344 g/mol. The number of nitrogens with zero attached hydrogens (tertiary/aromatic N) is 3. The highest BCUT2D eigenvalue weighted by atomic mass is 15.3. The number of hydrogen-bond acceptors (Lipinski definition) is 3. The molecule has 1 N–H and O–H groups in total. The topological polar surface area (TPSA) is 42.7 Å². The predicted octanol–water partition coefficient (Wildman–Crippen LogP) is 4.90. The van der Waals surface area contributed by atoms with Crippen LogP contribution in [-0.2, 0) is 0 Å². The molecule has 4 heteroatoms. The molecule has 0 fully saturated rings. The molecule has 0 bridgehead atoms. The van der Waals surface area contributed by atoms with Crippen LogP contribution in [0, 0.1) is 6.92 Å². The second-order valence-corrected chi connectivity index (χ2v) is 7.65. The minimum absolute atomic E-state index is 0.385. The monoisotopic (exact) mass is 372 g/mol. The number of para-hydroxylation sites is 1. The number of nitrogens with one attached hydrogen (secondary N) is 1. The van der Waals surface area contributed by atoms with Crippen LogP contribution < -0.4 is 5.32 Å². The second-order valence-electron chi connectivity index (χ2n) is 7.65. The Morgan fingerprint density at radius 1 is 1.04 bits per heavy atom. The first-order valence-corrected chi connectivity index (χ1v) is 10.2. The molecule has 4 nitrogen and oxygen atoms in total. The highest BCUT2D eigenvalue weighted by Crippen LogP contribution is 2.28. The number of aryl methyl sites for hydroxylation is 1. The third-order valence-corrected chi connectivity index (χ3v) is 5.54. The van der Waals surface area contributed by atoms with E-state index >= 15 is 0 Å². The Hall–Kier alpha value is -2.72. The fourth-order valence-corrected chi connectivity index (χ4v) is 3.95. The van der Waals surface area contributed by atoms with Crippen LogP contribution in [0.5, 0.6) is 0 Å². The van der Waals surface area contributed by atoms with Gasteiger partial charge in [0.05, 0.1) is 0 Å². The van der Waals surface area contributed by atoms with Crippen LogP contribution in [0.1, 0.15) is 49.3 Å². The van der Waals surface area contributed by atoms with Gasteiger partial charge in [-0.15, -0.1) is 10.2 Å². The summed E-state index contributed by atoms with van der Waals surface area (Å²) in [5.74, 6) is 2.40. The van der Waals surface area contributed by atoms with Crippen molar-refractivity contribution in [1.82, 2.24) is 20.1 Å². The van der Waals surface area contributed by atoms with Crippen molar-refractivity contribution in [3.8, 4) is 5.69 Å². The molecular formula is C24H28N4. The smallest absolute Gasteiger partial charge is 0.164 e. The standard InChI is InChI=1S/C24H28N4/c1-18(20-10-5-3-6-11-20)17-25-22-13-9-12-21(16-22)24-27-26-19(2)28(24)23-14-7-4-8-15-23/h3-8,10-11,14-16,18,22,25H,9,12-13,17H2,1-2H3. The summed E-state index contributed by atoms with van der Waals surface area (Å²) in [6.07, 6.45) is 5.76. The van der Waals surface area contributed by atoms with Gasteiger partial charge in [-0.25, -0.2) is 0 Å². The van der Waals surface area contributed by atoms with Crippen LogP contribution >= 0.6 is 0 Å². The first-order valence-electron chi connectivity index (χ1n) is 10.2. The van der Waals surface area contributed by atoms with Gasteiger partial charge in [0.2, 0.25) is 0 Å². The van der Waals surface area contributed by atoms with Gasteiger partial charge in [-0.1, -0.05) is 61.5 Å². The zero-order chi connectivity index (χ0) is 19.3. The van der Waals surface area contributed by atoms with Gasteiger partial charge < -0.3 is 5.32 Å². The Kier molecular flexibility index (Phi) is 5.68. The van der Waals surface area contributed by atoms with Crippen molar-refractivity contribution in [3.05, 3.63) is 84.0 Å². The molecule has 0 spiro atoms. The van der Waals surface area contributed by atoms with Gasteiger partial charge in [0.15, 0.2) is 5.82 Å². The molecule has 0 radical (unpaired) electrons. The fraction of sp³-hybridized carbons (Fsp3) is 0.333. The number of benzene rings is 2. The van der Waals surface area contributed by atoms with E-state index in [9.17, 15) is 0 Å². The maximum Gasteiger partial charge on any atom is 0.164 e. The van der Waals surface area contributed by atoms with Crippen LogP contribution in [0.25, 0.3) is 11.3 Å². The lowest BCUT2D eigenvalue weighted by Crippen LogP contribution is -2.32. The molecule has 3 aromatic rings. The second kappa shape index (κ2) is 8.53. The average molecular weight is 373 g/mol. The van der Waals surface area contributed by atoms with E-state index in [-0.39, 0.29) is 0 Å². The van der Waals surface area contributed by atoms with Gasteiger partial charge >= 0.3 is 0 Å². The summed E-state index contributed by atoms with van der Waals surface area (Å²) in [5, 5.41) is 12.6. The lowest BCUT2D eigenvalue weighted by Gasteiger charge is -2.24. The minimum Gasteiger partial charge on any atom is -0.310 e. The van der Waals surface area contributed by atoms with Crippen LogP contribution in [0.15, 0.2) is 66.7 Å². The van der Waals surface area contributed by atoms with Crippen molar-refractivity contribution < 1.29 is 0 Å². The van der Waals surface area contributed by atoms with Crippen LogP contribution in [0.3, 0.4) is 0 Å². The molecule has 0 amide bonds. The lowest BCUT2D eigenvalue weighted by atomic mass is 9.94. The summed E-state index contributed by atoms with van der Waals surface area (Å²) in [6, 6.07) is 21.5. The Labute approximate surface area is 167 Å². The van der Waals surface area contributed by atoms with Crippen molar-refractivity contribution in [1.29, 1.82) is 0 Å². The molecule has 0 aliphatic heterocycles. The Balaban J connectivity index is 1.51. The van der Waals surface area contributed by atoms with Crippen molar-refractivity contribution in [2.45, 2.75) is 45.1 Å². The quantitative estimate of drug-likeness (QED) is 0.669. The van der Waals surface area contributed by atoms with Gasteiger partial charge in [-0.2, -0.15) is 0 Å². The van der Waals surface area contributed by atoms with Gasteiger partial charge in [-0.3, -0.25) is 4.57 Å². The van der Waals surface area contributed by atoms with E-state index in [0.717, 1.165) is 30.3 Å². The average Bonchev–Trinajstić information content (AvgIpc) is 3.15. The highest BCUT2D eigenvalue weighted by Gasteiger charge is 2.20. The summed E-state index contributed by atoms with van der Waals surface area (Å²) in [7, 11) is 0. The molecule has 2 unspecified atom stereocenters. The van der Waals surface area contributed by atoms with Crippen molar-refractivity contribution in [2.75, 3.05) is 6.54 Å². The van der Waals surface area contributed by atoms with E-state index in [1.807, 2.05) is 13.0 Å². The Morgan fingerprint density at radius 3 is 2.50 bits per heavy atom. The van der Waals surface area contributed by atoms with E-state index < -0.39 is 0 Å². The molecule has 144 valence electrons. The van der Waals surface area contributed by atoms with Crippen LogP contribution in [0.4, 0.5) is 0 Å². The molecule has 2 aromatic carbocycles. The van der Waals surface area contributed by atoms with Crippen molar-refractivity contribution in [3.63, 3.8) is 0 Å². The maximum atomic E-state index is 4.51.